The molecule has 0 unspecified atom stereocenters. The van der Waals surface area contributed by atoms with E-state index in [2.05, 4.69) is 15.6 Å². The first-order valence-electron chi connectivity index (χ1n) is 7.15. The molecule has 7 heteroatoms. The Labute approximate surface area is 148 Å². The van der Waals surface area contributed by atoms with Crippen LogP contribution in [0.5, 0.6) is 5.75 Å². The van der Waals surface area contributed by atoms with E-state index in [1.165, 1.54) is 12.1 Å². The fourth-order valence-electron chi connectivity index (χ4n) is 1.59. The van der Waals surface area contributed by atoms with E-state index >= 15 is 0 Å². The Morgan fingerprint density at radius 2 is 1.91 bits per heavy atom. The minimum atomic E-state index is -0.260. The maximum Gasteiger partial charge on any atom is 0.191 e. The highest BCUT2D eigenvalue weighted by Crippen LogP contribution is 2.10. The summed E-state index contributed by atoms with van der Waals surface area (Å²) >= 11 is 0. The number of nitrogens with one attached hydrogen (secondary N) is 2. The van der Waals surface area contributed by atoms with Crippen molar-refractivity contribution in [2.75, 3.05) is 40.0 Å². The van der Waals surface area contributed by atoms with Crippen molar-refractivity contribution in [3.8, 4) is 5.75 Å². The van der Waals surface area contributed by atoms with Crippen LogP contribution in [0, 0.1) is 5.82 Å². The van der Waals surface area contributed by atoms with E-state index < -0.39 is 0 Å². The molecule has 2 N–H and O–H groups in total. The zero-order chi connectivity index (χ0) is 15.3. The van der Waals surface area contributed by atoms with Gasteiger partial charge in [-0.25, -0.2) is 4.39 Å². The van der Waals surface area contributed by atoms with E-state index in [0.717, 1.165) is 18.9 Å². The summed E-state index contributed by atoms with van der Waals surface area (Å²) in [6.07, 6.45) is 0.790. The third-order valence-electron chi connectivity index (χ3n) is 2.60. The summed E-state index contributed by atoms with van der Waals surface area (Å²) in [5.74, 6) is 1.19. The van der Waals surface area contributed by atoms with Crippen molar-refractivity contribution in [2.45, 2.75) is 13.3 Å². The van der Waals surface area contributed by atoms with E-state index in [1.807, 2.05) is 6.92 Å². The van der Waals surface area contributed by atoms with Gasteiger partial charge in [0, 0.05) is 33.2 Å². The zero-order valence-electron chi connectivity index (χ0n) is 13.1. The summed E-state index contributed by atoms with van der Waals surface area (Å²) in [6.45, 7) is 5.39. The van der Waals surface area contributed by atoms with Crippen LogP contribution < -0.4 is 15.4 Å². The normalized spacial score (nSPS) is 10.8. The van der Waals surface area contributed by atoms with Gasteiger partial charge in [-0.3, -0.25) is 4.99 Å². The molecular weight excluding hydrogens is 400 g/mol. The number of methoxy groups -OCH3 is 1. The highest BCUT2D eigenvalue weighted by molar-refractivity contribution is 14.0. The average molecular weight is 425 g/mol. The number of halogens is 2. The topological polar surface area (TPSA) is 54.9 Å². The van der Waals surface area contributed by atoms with Crippen molar-refractivity contribution in [1.82, 2.24) is 10.6 Å². The number of ether oxygens (including phenoxy) is 2. The van der Waals surface area contributed by atoms with Crippen LogP contribution in [-0.4, -0.2) is 45.9 Å². The van der Waals surface area contributed by atoms with Crippen LogP contribution in [0.4, 0.5) is 4.39 Å². The molecule has 0 atom stereocenters. The molecule has 1 aromatic rings. The fourth-order valence-corrected chi connectivity index (χ4v) is 1.59. The number of benzene rings is 1. The zero-order valence-corrected chi connectivity index (χ0v) is 15.4. The van der Waals surface area contributed by atoms with E-state index in [1.54, 1.807) is 19.2 Å². The van der Waals surface area contributed by atoms with E-state index in [0.29, 0.717) is 32.1 Å². The van der Waals surface area contributed by atoms with Crippen molar-refractivity contribution in [3.05, 3.63) is 30.1 Å². The van der Waals surface area contributed by atoms with Crippen LogP contribution in [0.3, 0.4) is 0 Å². The quantitative estimate of drug-likeness (QED) is 0.276. The molecule has 0 saturated carbocycles. The maximum atomic E-state index is 12.7. The summed E-state index contributed by atoms with van der Waals surface area (Å²) in [5, 5.41) is 6.33. The molecule has 0 aliphatic heterocycles. The molecule has 0 spiro atoms. The van der Waals surface area contributed by atoms with Crippen molar-refractivity contribution in [1.29, 1.82) is 0 Å². The lowest BCUT2D eigenvalue weighted by atomic mass is 10.3. The SMILES string of the molecule is CCNC(=NCCCOc1ccc(F)cc1)NCCOC.I. The molecule has 0 saturated heterocycles. The van der Waals surface area contributed by atoms with Crippen LogP contribution >= 0.6 is 24.0 Å². The first kappa shape index (κ1) is 20.9. The standard InChI is InChI=1S/C15H24FN3O2.HI/c1-3-17-15(19-10-12-20-2)18-9-4-11-21-14-7-5-13(16)6-8-14;/h5-8H,3-4,9-12H2,1-2H3,(H2,17,18,19);1H. The average Bonchev–Trinajstić information content (AvgIpc) is 2.49. The molecular formula is C15H25FIN3O2. The lowest BCUT2D eigenvalue weighted by Crippen LogP contribution is -2.39. The molecule has 0 radical (unpaired) electrons. The fraction of sp³-hybridized carbons (Fsp3) is 0.533. The molecule has 126 valence electrons. The summed E-state index contributed by atoms with van der Waals surface area (Å²) in [4.78, 5) is 4.43. The Morgan fingerprint density at radius 1 is 1.18 bits per heavy atom. The highest BCUT2D eigenvalue weighted by Gasteiger charge is 1.97. The molecule has 0 amide bonds. The second kappa shape index (κ2) is 13.6. The number of hydrogen-bond acceptors (Lipinski definition) is 3. The third kappa shape index (κ3) is 9.78. The van der Waals surface area contributed by atoms with Gasteiger partial charge in [-0.2, -0.15) is 0 Å². The predicted octanol–water partition coefficient (Wildman–Crippen LogP) is 2.41. The van der Waals surface area contributed by atoms with Crippen LogP contribution in [-0.2, 0) is 4.74 Å². The maximum absolute atomic E-state index is 12.7. The Morgan fingerprint density at radius 3 is 2.55 bits per heavy atom. The first-order valence-corrected chi connectivity index (χ1v) is 7.15. The van der Waals surface area contributed by atoms with Crippen LogP contribution in [0.25, 0.3) is 0 Å². The molecule has 5 nitrogen and oxygen atoms in total. The van der Waals surface area contributed by atoms with Gasteiger partial charge >= 0.3 is 0 Å². The second-order valence-corrected chi connectivity index (χ2v) is 4.34. The molecule has 0 heterocycles. The third-order valence-corrected chi connectivity index (χ3v) is 2.60. The number of rotatable bonds is 9. The van der Waals surface area contributed by atoms with Crippen LogP contribution in [0.2, 0.25) is 0 Å². The van der Waals surface area contributed by atoms with Crippen molar-refractivity contribution < 1.29 is 13.9 Å². The number of guanidine groups is 1. The highest BCUT2D eigenvalue weighted by atomic mass is 127. The van der Waals surface area contributed by atoms with Crippen molar-refractivity contribution in [2.24, 2.45) is 4.99 Å². The minimum Gasteiger partial charge on any atom is -0.494 e. The van der Waals surface area contributed by atoms with Gasteiger partial charge in [0.2, 0.25) is 0 Å². The Kier molecular flexibility index (Phi) is 12.9. The van der Waals surface area contributed by atoms with E-state index in [-0.39, 0.29) is 29.8 Å². The predicted molar refractivity (Wildman–Crippen MR) is 97.8 cm³/mol. The summed E-state index contributed by atoms with van der Waals surface area (Å²) < 4.78 is 23.2. The minimum absolute atomic E-state index is 0. The van der Waals surface area contributed by atoms with E-state index in [4.69, 9.17) is 9.47 Å². The van der Waals surface area contributed by atoms with Gasteiger partial charge in [-0.1, -0.05) is 0 Å². The van der Waals surface area contributed by atoms with Crippen molar-refractivity contribution >= 4 is 29.9 Å². The van der Waals surface area contributed by atoms with Gasteiger partial charge in [-0.15, -0.1) is 24.0 Å². The lowest BCUT2D eigenvalue weighted by Gasteiger charge is -2.10. The Hall–Kier alpha value is -1.09. The molecule has 22 heavy (non-hydrogen) atoms. The Balaban J connectivity index is 0.00000441. The molecule has 0 aromatic heterocycles. The monoisotopic (exact) mass is 425 g/mol. The van der Waals surface area contributed by atoms with Crippen molar-refractivity contribution in [3.63, 3.8) is 0 Å². The number of hydrogen-bond donors (Lipinski definition) is 2. The molecule has 0 fully saturated rings. The summed E-state index contributed by atoms with van der Waals surface area (Å²) in [6, 6.07) is 6.01. The molecule has 0 bridgehead atoms. The van der Waals surface area contributed by atoms with Gasteiger partial charge in [0.15, 0.2) is 5.96 Å². The Bertz CT molecular complexity index is 416. The second-order valence-electron chi connectivity index (χ2n) is 4.34. The van der Waals surface area contributed by atoms with Crippen LogP contribution in [0.15, 0.2) is 29.3 Å². The van der Waals surface area contributed by atoms with Gasteiger partial charge in [-0.05, 0) is 31.2 Å². The van der Waals surface area contributed by atoms with Gasteiger partial charge in [0.1, 0.15) is 11.6 Å². The van der Waals surface area contributed by atoms with Gasteiger partial charge in [0.05, 0.1) is 13.2 Å². The number of nitrogens with zero attached hydrogens (tertiary/aromatic N) is 1. The smallest absolute Gasteiger partial charge is 0.191 e. The molecule has 1 aromatic carbocycles. The van der Waals surface area contributed by atoms with Gasteiger partial charge < -0.3 is 20.1 Å². The van der Waals surface area contributed by atoms with Crippen LogP contribution in [0.1, 0.15) is 13.3 Å². The van der Waals surface area contributed by atoms with E-state index in [9.17, 15) is 4.39 Å². The molecule has 0 aliphatic carbocycles. The largest absolute Gasteiger partial charge is 0.494 e. The lowest BCUT2D eigenvalue weighted by molar-refractivity contribution is 0.203. The van der Waals surface area contributed by atoms with Gasteiger partial charge in [0.25, 0.3) is 0 Å². The first-order chi connectivity index (χ1) is 10.3. The summed E-state index contributed by atoms with van der Waals surface area (Å²) in [7, 11) is 1.67. The number of aliphatic imine (C=N–C) groups is 1. The summed E-state index contributed by atoms with van der Waals surface area (Å²) in [5.41, 5.74) is 0. The molecule has 0 aliphatic rings. The molecule has 1 rings (SSSR count).